The third kappa shape index (κ3) is 4.67. The molecule has 1 aromatic carbocycles. The third-order valence-electron chi connectivity index (χ3n) is 3.24. The van der Waals surface area contributed by atoms with Crippen LogP contribution in [0.2, 0.25) is 0 Å². The van der Waals surface area contributed by atoms with Gasteiger partial charge in [0.2, 0.25) is 0 Å². The van der Waals surface area contributed by atoms with E-state index in [2.05, 4.69) is 31.3 Å². The van der Waals surface area contributed by atoms with Gasteiger partial charge < -0.3 is 14.8 Å². The van der Waals surface area contributed by atoms with E-state index in [1.807, 2.05) is 19.1 Å². The molecule has 1 N–H and O–H groups in total. The van der Waals surface area contributed by atoms with E-state index >= 15 is 0 Å². The predicted molar refractivity (Wildman–Crippen MR) is 75.4 cm³/mol. The van der Waals surface area contributed by atoms with Crippen LogP contribution in [-0.2, 0) is 4.74 Å². The van der Waals surface area contributed by atoms with E-state index < -0.39 is 0 Å². The summed E-state index contributed by atoms with van der Waals surface area (Å²) in [4.78, 5) is 0. The first-order valence-corrected chi connectivity index (χ1v) is 6.64. The van der Waals surface area contributed by atoms with Crippen LogP contribution in [0.5, 0.6) is 5.75 Å². The molecular formula is C15H25NO2. The van der Waals surface area contributed by atoms with E-state index in [1.165, 1.54) is 5.56 Å². The fourth-order valence-electron chi connectivity index (χ4n) is 1.89. The number of methoxy groups -OCH3 is 1. The summed E-state index contributed by atoms with van der Waals surface area (Å²) in [5.41, 5.74) is 1.33. The average Bonchev–Trinajstić information content (AvgIpc) is 2.39. The Hall–Kier alpha value is -1.06. The second-order valence-corrected chi connectivity index (χ2v) is 4.53. The van der Waals surface area contributed by atoms with Crippen molar-refractivity contribution in [1.29, 1.82) is 0 Å². The minimum absolute atomic E-state index is 0.429. The normalized spacial score (nSPS) is 14.2. The molecule has 0 saturated heterocycles. The zero-order valence-electron chi connectivity index (χ0n) is 11.9. The highest BCUT2D eigenvalue weighted by atomic mass is 16.5. The standard InChI is InChI=1S/C15H25NO2/c1-5-18-15-8-6-14(7-9-15)12(2)13(3)16-10-11-17-4/h6-9,12-13,16H,5,10-11H2,1-4H3. The SMILES string of the molecule is CCOc1ccc(C(C)C(C)NCCOC)cc1. The number of hydrogen-bond donors (Lipinski definition) is 1. The molecule has 0 aliphatic carbocycles. The maximum Gasteiger partial charge on any atom is 0.119 e. The Bertz CT molecular complexity index is 324. The molecule has 0 spiro atoms. The molecule has 3 nitrogen and oxygen atoms in total. The summed E-state index contributed by atoms with van der Waals surface area (Å²) in [6, 6.07) is 8.79. The molecule has 1 rings (SSSR count). The van der Waals surface area contributed by atoms with Crippen molar-refractivity contribution in [1.82, 2.24) is 5.32 Å². The van der Waals surface area contributed by atoms with E-state index in [4.69, 9.17) is 9.47 Å². The highest BCUT2D eigenvalue weighted by molar-refractivity contribution is 5.29. The largest absolute Gasteiger partial charge is 0.494 e. The van der Waals surface area contributed by atoms with Gasteiger partial charge in [-0.05, 0) is 37.5 Å². The Balaban J connectivity index is 2.51. The lowest BCUT2D eigenvalue weighted by molar-refractivity contribution is 0.195. The summed E-state index contributed by atoms with van der Waals surface area (Å²) >= 11 is 0. The van der Waals surface area contributed by atoms with Crippen LogP contribution >= 0.6 is 0 Å². The minimum atomic E-state index is 0.429. The second-order valence-electron chi connectivity index (χ2n) is 4.53. The zero-order valence-corrected chi connectivity index (χ0v) is 11.9. The monoisotopic (exact) mass is 251 g/mol. The van der Waals surface area contributed by atoms with Crippen molar-refractivity contribution in [2.24, 2.45) is 0 Å². The molecule has 2 unspecified atom stereocenters. The lowest BCUT2D eigenvalue weighted by atomic mass is 9.94. The summed E-state index contributed by atoms with van der Waals surface area (Å²) in [5, 5.41) is 3.47. The molecule has 0 aromatic heterocycles. The van der Waals surface area contributed by atoms with Crippen molar-refractivity contribution in [2.45, 2.75) is 32.7 Å². The fraction of sp³-hybridized carbons (Fsp3) is 0.600. The Morgan fingerprint density at radius 1 is 1.17 bits per heavy atom. The minimum Gasteiger partial charge on any atom is -0.494 e. The van der Waals surface area contributed by atoms with Crippen molar-refractivity contribution in [3.8, 4) is 5.75 Å². The summed E-state index contributed by atoms with van der Waals surface area (Å²) in [7, 11) is 1.72. The molecule has 0 amide bonds. The first-order chi connectivity index (χ1) is 8.69. The van der Waals surface area contributed by atoms with Gasteiger partial charge in [0.05, 0.1) is 13.2 Å². The van der Waals surface area contributed by atoms with E-state index in [0.29, 0.717) is 18.6 Å². The first kappa shape index (κ1) is 15.0. The summed E-state index contributed by atoms with van der Waals surface area (Å²) < 4.78 is 10.5. The van der Waals surface area contributed by atoms with Crippen LogP contribution in [0.4, 0.5) is 0 Å². The van der Waals surface area contributed by atoms with Crippen molar-refractivity contribution in [3.63, 3.8) is 0 Å². The van der Waals surface area contributed by atoms with Crippen LogP contribution in [-0.4, -0.2) is 32.9 Å². The Morgan fingerprint density at radius 2 is 1.83 bits per heavy atom. The number of ether oxygens (including phenoxy) is 2. The number of nitrogens with one attached hydrogen (secondary N) is 1. The Morgan fingerprint density at radius 3 is 2.39 bits per heavy atom. The molecule has 18 heavy (non-hydrogen) atoms. The summed E-state index contributed by atoms with van der Waals surface area (Å²) in [6.07, 6.45) is 0. The predicted octanol–water partition coefficient (Wildman–Crippen LogP) is 2.81. The van der Waals surface area contributed by atoms with Crippen molar-refractivity contribution < 1.29 is 9.47 Å². The zero-order chi connectivity index (χ0) is 13.4. The lowest BCUT2D eigenvalue weighted by Crippen LogP contribution is -2.33. The molecule has 2 atom stereocenters. The molecule has 102 valence electrons. The van der Waals surface area contributed by atoms with E-state index in [9.17, 15) is 0 Å². The van der Waals surface area contributed by atoms with Gasteiger partial charge in [0.1, 0.15) is 5.75 Å². The van der Waals surface area contributed by atoms with Crippen LogP contribution in [0.3, 0.4) is 0 Å². The highest BCUT2D eigenvalue weighted by Crippen LogP contribution is 2.22. The van der Waals surface area contributed by atoms with Gasteiger partial charge >= 0.3 is 0 Å². The molecule has 0 aliphatic rings. The van der Waals surface area contributed by atoms with Gasteiger partial charge in [-0.25, -0.2) is 0 Å². The first-order valence-electron chi connectivity index (χ1n) is 6.64. The molecule has 0 bridgehead atoms. The van der Waals surface area contributed by atoms with Crippen LogP contribution in [0.15, 0.2) is 24.3 Å². The van der Waals surface area contributed by atoms with Gasteiger partial charge in [0, 0.05) is 19.7 Å². The molecule has 0 heterocycles. The Kier molecular flexibility index (Phi) is 6.76. The van der Waals surface area contributed by atoms with Crippen LogP contribution in [0.1, 0.15) is 32.3 Å². The maximum absolute atomic E-state index is 5.45. The Labute approximate surface area is 110 Å². The molecule has 0 saturated carbocycles. The van der Waals surface area contributed by atoms with Crippen LogP contribution < -0.4 is 10.1 Å². The highest BCUT2D eigenvalue weighted by Gasteiger charge is 2.13. The van der Waals surface area contributed by atoms with Crippen molar-refractivity contribution in [2.75, 3.05) is 26.9 Å². The molecule has 0 fully saturated rings. The van der Waals surface area contributed by atoms with Crippen molar-refractivity contribution in [3.05, 3.63) is 29.8 Å². The van der Waals surface area contributed by atoms with Gasteiger partial charge in [-0.3, -0.25) is 0 Å². The lowest BCUT2D eigenvalue weighted by Gasteiger charge is -2.22. The van der Waals surface area contributed by atoms with Gasteiger partial charge in [0.15, 0.2) is 0 Å². The maximum atomic E-state index is 5.45. The van der Waals surface area contributed by atoms with E-state index in [-0.39, 0.29) is 0 Å². The third-order valence-corrected chi connectivity index (χ3v) is 3.24. The smallest absolute Gasteiger partial charge is 0.119 e. The van der Waals surface area contributed by atoms with Gasteiger partial charge in [-0.2, -0.15) is 0 Å². The number of rotatable bonds is 8. The van der Waals surface area contributed by atoms with Gasteiger partial charge in [-0.15, -0.1) is 0 Å². The van der Waals surface area contributed by atoms with Gasteiger partial charge in [0.25, 0.3) is 0 Å². The van der Waals surface area contributed by atoms with Crippen molar-refractivity contribution >= 4 is 0 Å². The number of benzene rings is 1. The van der Waals surface area contributed by atoms with E-state index in [1.54, 1.807) is 7.11 Å². The van der Waals surface area contributed by atoms with Crippen LogP contribution in [0.25, 0.3) is 0 Å². The van der Waals surface area contributed by atoms with Crippen LogP contribution in [0, 0.1) is 0 Å². The van der Waals surface area contributed by atoms with E-state index in [0.717, 1.165) is 18.9 Å². The summed E-state index contributed by atoms with van der Waals surface area (Å²) in [6.45, 7) is 8.79. The molecule has 1 aromatic rings. The quantitative estimate of drug-likeness (QED) is 0.721. The molecule has 0 aliphatic heterocycles. The fourth-order valence-corrected chi connectivity index (χ4v) is 1.89. The molecule has 3 heteroatoms. The molecule has 0 radical (unpaired) electrons. The topological polar surface area (TPSA) is 30.5 Å². The molecular weight excluding hydrogens is 226 g/mol. The number of hydrogen-bond acceptors (Lipinski definition) is 3. The second kappa shape index (κ2) is 8.11. The summed E-state index contributed by atoms with van der Waals surface area (Å²) in [5.74, 6) is 1.41. The average molecular weight is 251 g/mol. The van der Waals surface area contributed by atoms with Gasteiger partial charge in [-0.1, -0.05) is 19.1 Å².